The fraction of sp³-hybridized carbons (Fsp3) is 0.556. The van der Waals surface area contributed by atoms with E-state index in [0.717, 1.165) is 19.0 Å². The van der Waals surface area contributed by atoms with Gasteiger partial charge in [-0.05, 0) is 56.5 Å². The lowest BCUT2D eigenvalue weighted by Gasteiger charge is -2.38. The molecule has 0 saturated heterocycles. The summed E-state index contributed by atoms with van der Waals surface area (Å²) in [6.07, 6.45) is 6.68. The van der Waals surface area contributed by atoms with Crippen molar-refractivity contribution in [2.24, 2.45) is 11.8 Å². The third kappa shape index (κ3) is 5.58. The van der Waals surface area contributed by atoms with Gasteiger partial charge in [-0.15, -0.1) is 0 Å². The zero-order valence-corrected chi connectivity index (χ0v) is 20.4. The van der Waals surface area contributed by atoms with Gasteiger partial charge in [-0.1, -0.05) is 31.9 Å². The highest BCUT2D eigenvalue weighted by molar-refractivity contribution is 5.98. The first-order chi connectivity index (χ1) is 16.4. The molecule has 2 heterocycles. The molecule has 1 aromatic carbocycles. The van der Waals surface area contributed by atoms with Gasteiger partial charge in [0.1, 0.15) is 17.5 Å². The van der Waals surface area contributed by atoms with Gasteiger partial charge in [0.05, 0.1) is 12.6 Å². The van der Waals surface area contributed by atoms with E-state index in [0.29, 0.717) is 29.1 Å². The van der Waals surface area contributed by atoms with E-state index in [1.165, 1.54) is 37.8 Å². The third-order valence-corrected chi connectivity index (χ3v) is 7.22. The lowest BCUT2D eigenvalue weighted by Crippen LogP contribution is -2.50. The number of pyridine rings is 1. The van der Waals surface area contributed by atoms with Gasteiger partial charge in [0.15, 0.2) is 0 Å². The Labute approximate surface area is 201 Å². The van der Waals surface area contributed by atoms with Crippen molar-refractivity contribution in [1.82, 2.24) is 14.8 Å². The summed E-state index contributed by atoms with van der Waals surface area (Å²) >= 11 is 0. The zero-order chi connectivity index (χ0) is 24.2. The second-order valence-electron chi connectivity index (χ2n) is 10.1. The fourth-order valence-corrected chi connectivity index (χ4v) is 5.16. The highest BCUT2D eigenvalue weighted by Crippen LogP contribution is 2.31. The second-order valence-corrected chi connectivity index (χ2v) is 10.1. The van der Waals surface area contributed by atoms with Crippen LogP contribution in [0, 0.1) is 17.7 Å². The molecule has 34 heavy (non-hydrogen) atoms. The number of amides is 1. The maximum atomic E-state index is 13.8. The number of rotatable bonds is 7. The normalized spacial score (nSPS) is 22.3. The number of nitrogens with zero attached hydrogens (tertiary/aromatic N) is 3. The predicted octanol–water partition coefficient (Wildman–Crippen LogP) is 4.23. The van der Waals surface area contributed by atoms with E-state index in [9.17, 15) is 14.3 Å². The zero-order valence-electron chi connectivity index (χ0n) is 20.4. The van der Waals surface area contributed by atoms with Crippen LogP contribution in [0.4, 0.5) is 4.39 Å². The Morgan fingerprint density at radius 3 is 2.71 bits per heavy atom. The molecule has 1 saturated carbocycles. The van der Waals surface area contributed by atoms with Crippen LogP contribution in [0.1, 0.15) is 49.9 Å². The van der Waals surface area contributed by atoms with Crippen LogP contribution in [0.25, 0.3) is 11.1 Å². The van der Waals surface area contributed by atoms with Crippen molar-refractivity contribution in [1.29, 1.82) is 0 Å². The average molecular weight is 470 g/mol. The van der Waals surface area contributed by atoms with Gasteiger partial charge >= 0.3 is 0 Å². The molecule has 7 heteroatoms. The van der Waals surface area contributed by atoms with Crippen LogP contribution in [-0.4, -0.2) is 71.2 Å². The van der Waals surface area contributed by atoms with E-state index in [2.05, 4.69) is 23.9 Å². The molecule has 184 valence electrons. The molecule has 1 aromatic heterocycles. The molecule has 6 nitrogen and oxygen atoms in total. The van der Waals surface area contributed by atoms with E-state index in [-0.39, 0.29) is 36.4 Å². The minimum absolute atomic E-state index is 0.0572. The monoisotopic (exact) mass is 469 g/mol. The summed E-state index contributed by atoms with van der Waals surface area (Å²) in [5.74, 6) is 0.516. The lowest BCUT2D eigenvalue weighted by atomic mass is 9.98. The predicted molar refractivity (Wildman–Crippen MR) is 130 cm³/mol. The van der Waals surface area contributed by atoms with Crippen LogP contribution < -0.4 is 4.74 Å². The summed E-state index contributed by atoms with van der Waals surface area (Å²) in [6.45, 7) is 6.06. The molecule has 0 radical (unpaired) electrons. The molecule has 4 rings (SSSR count). The van der Waals surface area contributed by atoms with Crippen molar-refractivity contribution in [3.8, 4) is 17.0 Å². The van der Waals surface area contributed by atoms with Crippen LogP contribution >= 0.6 is 0 Å². The van der Waals surface area contributed by atoms with Crippen molar-refractivity contribution >= 4 is 5.91 Å². The number of carbonyl (C=O) groups excluding carboxylic acids is 1. The topological polar surface area (TPSA) is 65.9 Å². The standard InChI is InChI=1S/C27H36FN3O3/c1-18-14-31(19(2)17-32)27(33)24-12-22(21-9-6-10-23(28)11-21)13-29-26(24)34-25(18)16-30(3)15-20-7-4-5-8-20/h6,9-13,18-20,25,32H,4-5,7-8,14-17H2,1-3H3/t18-,19+,25+/m1/s1. The number of hydrogen-bond donors (Lipinski definition) is 1. The third-order valence-electron chi connectivity index (χ3n) is 7.22. The Morgan fingerprint density at radius 1 is 1.24 bits per heavy atom. The SMILES string of the molecule is C[C@@H]1CN([C@@H](C)CO)C(=O)c2cc(-c3cccc(F)c3)cnc2O[C@H]1CN(C)CC1CCCC1. The molecule has 3 atom stereocenters. The molecular weight excluding hydrogens is 433 g/mol. The number of aromatic nitrogens is 1. The van der Waals surface area contributed by atoms with Gasteiger partial charge in [0, 0.05) is 37.3 Å². The van der Waals surface area contributed by atoms with E-state index < -0.39 is 0 Å². The number of carbonyl (C=O) groups is 1. The summed E-state index contributed by atoms with van der Waals surface area (Å²) in [5, 5.41) is 9.84. The Morgan fingerprint density at radius 2 is 2.00 bits per heavy atom. The van der Waals surface area contributed by atoms with Crippen LogP contribution in [0.15, 0.2) is 36.5 Å². The van der Waals surface area contributed by atoms with Crippen molar-refractivity contribution < 1.29 is 19.0 Å². The van der Waals surface area contributed by atoms with Gasteiger partial charge in [0.25, 0.3) is 5.91 Å². The van der Waals surface area contributed by atoms with Crippen LogP contribution in [0.2, 0.25) is 0 Å². The quantitative estimate of drug-likeness (QED) is 0.658. The Hall–Kier alpha value is -2.51. The minimum atomic E-state index is -0.346. The lowest BCUT2D eigenvalue weighted by molar-refractivity contribution is 0.0320. The van der Waals surface area contributed by atoms with Crippen molar-refractivity contribution in [2.45, 2.75) is 51.7 Å². The fourth-order valence-electron chi connectivity index (χ4n) is 5.16. The van der Waals surface area contributed by atoms with E-state index in [1.807, 2.05) is 6.92 Å². The summed E-state index contributed by atoms with van der Waals surface area (Å²) < 4.78 is 20.2. The maximum absolute atomic E-state index is 13.8. The molecule has 1 N–H and O–H groups in total. The van der Waals surface area contributed by atoms with Crippen LogP contribution in [0.5, 0.6) is 5.88 Å². The van der Waals surface area contributed by atoms with Crippen molar-refractivity contribution in [2.75, 3.05) is 33.3 Å². The van der Waals surface area contributed by atoms with E-state index in [1.54, 1.807) is 29.3 Å². The summed E-state index contributed by atoms with van der Waals surface area (Å²) in [5.41, 5.74) is 1.64. The molecule has 2 aromatic rings. The number of likely N-dealkylation sites (N-methyl/N-ethyl adjacent to an activating group) is 1. The minimum Gasteiger partial charge on any atom is -0.472 e. The molecule has 1 aliphatic heterocycles. The Balaban J connectivity index is 1.65. The molecule has 2 aliphatic rings. The summed E-state index contributed by atoms with van der Waals surface area (Å²) in [7, 11) is 2.13. The molecular formula is C27H36FN3O3. The highest BCUT2D eigenvalue weighted by Gasteiger charge is 2.34. The number of aliphatic hydroxyl groups is 1. The molecule has 0 spiro atoms. The van der Waals surface area contributed by atoms with Crippen LogP contribution in [0.3, 0.4) is 0 Å². The van der Waals surface area contributed by atoms with E-state index in [4.69, 9.17) is 4.74 Å². The Kier molecular flexibility index (Phi) is 7.84. The number of fused-ring (bicyclic) bond motifs is 1. The number of aliphatic hydroxyl groups excluding tert-OH is 1. The van der Waals surface area contributed by atoms with Crippen molar-refractivity contribution in [3.05, 3.63) is 47.9 Å². The first-order valence-electron chi connectivity index (χ1n) is 12.4. The summed E-state index contributed by atoms with van der Waals surface area (Å²) in [4.78, 5) is 22.1. The maximum Gasteiger partial charge on any atom is 0.259 e. The van der Waals surface area contributed by atoms with Crippen LogP contribution in [-0.2, 0) is 0 Å². The smallest absolute Gasteiger partial charge is 0.259 e. The van der Waals surface area contributed by atoms with Gasteiger partial charge in [-0.3, -0.25) is 4.79 Å². The Bertz CT molecular complexity index is 995. The highest BCUT2D eigenvalue weighted by atomic mass is 19.1. The van der Waals surface area contributed by atoms with Gasteiger partial charge < -0.3 is 19.6 Å². The van der Waals surface area contributed by atoms with Gasteiger partial charge in [0.2, 0.25) is 5.88 Å². The molecule has 0 bridgehead atoms. The first-order valence-corrected chi connectivity index (χ1v) is 12.4. The number of halogens is 1. The molecule has 1 amide bonds. The number of hydrogen-bond acceptors (Lipinski definition) is 5. The first kappa shape index (κ1) is 24.6. The second kappa shape index (κ2) is 10.8. The number of ether oxygens (including phenoxy) is 1. The molecule has 1 fully saturated rings. The molecule has 1 aliphatic carbocycles. The largest absolute Gasteiger partial charge is 0.472 e. The average Bonchev–Trinajstić information content (AvgIpc) is 3.33. The van der Waals surface area contributed by atoms with E-state index >= 15 is 0 Å². The van der Waals surface area contributed by atoms with Gasteiger partial charge in [-0.25, -0.2) is 9.37 Å². The number of benzene rings is 1. The van der Waals surface area contributed by atoms with Crippen molar-refractivity contribution in [3.63, 3.8) is 0 Å². The summed E-state index contributed by atoms with van der Waals surface area (Å²) in [6, 6.07) is 7.63. The molecule has 0 unspecified atom stereocenters. The van der Waals surface area contributed by atoms with Gasteiger partial charge in [-0.2, -0.15) is 0 Å².